The summed E-state index contributed by atoms with van der Waals surface area (Å²) in [7, 11) is 0. The molecule has 0 amide bonds. The van der Waals surface area contributed by atoms with Gasteiger partial charge in [0.2, 0.25) is 0 Å². The van der Waals surface area contributed by atoms with Gasteiger partial charge in [-0.05, 0) is 30.5 Å². The summed E-state index contributed by atoms with van der Waals surface area (Å²) in [6.45, 7) is 4.06. The van der Waals surface area contributed by atoms with Crippen LogP contribution in [0.1, 0.15) is 34.0 Å². The van der Waals surface area contributed by atoms with Crippen LogP contribution in [0.25, 0.3) is 0 Å². The number of benzene rings is 2. The largest absolute Gasteiger partial charge is 0.398 e. The van der Waals surface area contributed by atoms with Crippen LogP contribution in [-0.2, 0) is 6.42 Å². The molecule has 0 aromatic heterocycles. The summed E-state index contributed by atoms with van der Waals surface area (Å²) in [4.78, 5) is 12.5. The van der Waals surface area contributed by atoms with Crippen molar-refractivity contribution in [1.29, 1.82) is 0 Å². The highest BCUT2D eigenvalue weighted by molar-refractivity contribution is 6.13. The number of nitrogen functional groups attached to an aromatic ring is 1. The molecule has 2 rings (SSSR count). The zero-order valence-corrected chi connectivity index (χ0v) is 10.7. The molecule has 0 saturated heterocycles. The Balaban J connectivity index is 2.58. The van der Waals surface area contributed by atoms with Crippen molar-refractivity contribution in [2.24, 2.45) is 0 Å². The molecule has 0 aliphatic rings. The molecule has 0 atom stereocenters. The van der Waals surface area contributed by atoms with Crippen molar-refractivity contribution in [3.05, 3.63) is 64.7 Å². The SMILES string of the molecule is CCc1c(C)ccc(N)c1C(=O)c1ccccc1. The van der Waals surface area contributed by atoms with E-state index in [0.29, 0.717) is 16.8 Å². The molecule has 0 aliphatic carbocycles. The van der Waals surface area contributed by atoms with Crippen LogP contribution >= 0.6 is 0 Å². The second-order valence-electron chi connectivity index (χ2n) is 4.37. The van der Waals surface area contributed by atoms with Gasteiger partial charge in [-0.2, -0.15) is 0 Å². The molecule has 2 N–H and O–H groups in total. The average Bonchev–Trinajstić information content (AvgIpc) is 2.41. The minimum atomic E-state index is 0.00801. The van der Waals surface area contributed by atoms with Gasteiger partial charge in [-0.25, -0.2) is 0 Å². The Bertz CT molecular complexity index is 573. The molecule has 0 saturated carbocycles. The van der Waals surface area contributed by atoms with E-state index in [1.165, 1.54) is 0 Å². The molecular formula is C16H17NO. The number of carbonyl (C=O) groups excluding carboxylic acids is 1. The Hall–Kier alpha value is -2.09. The zero-order valence-electron chi connectivity index (χ0n) is 10.7. The molecule has 0 fully saturated rings. The van der Waals surface area contributed by atoms with Gasteiger partial charge in [0.25, 0.3) is 0 Å². The highest BCUT2D eigenvalue weighted by Crippen LogP contribution is 2.24. The molecule has 0 heterocycles. The van der Waals surface area contributed by atoms with Crippen molar-refractivity contribution < 1.29 is 4.79 Å². The van der Waals surface area contributed by atoms with Crippen molar-refractivity contribution in [3.8, 4) is 0 Å². The quantitative estimate of drug-likeness (QED) is 0.659. The average molecular weight is 239 g/mol. The number of hydrogen-bond donors (Lipinski definition) is 1. The van der Waals surface area contributed by atoms with Crippen molar-refractivity contribution in [2.45, 2.75) is 20.3 Å². The van der Waals surface area contributed by atoms with Gasteiger partial charge in [-0.15, -0.1) is 0 Å². The normalized spacial score (nSPS) is 10.3. The highest BCUT2D eigenvalue weighted by atomic mass is 16.1. The first-order valence-electron chi connectivity index (χ1n) is 6.12. The number of anilines is 1. The predicted molar refractivity (Wildman–Crippen MR) is 74.8 cm³/mol. The zero-order chi connectivity index (χ0) is 13.1. The molecule has 0 bridgehead atoms. The fourth-order valence-electron chi connectivity index (χ4n) is 2.23. The van der Waals surface area contributed by atoms with Crippen LogP contribution < -0.4 is 5.73 Å². The molecule has 0 spiro atoms. The number of aryl methyl sites for hydroxylation is 1. The first kappa shape index (κ1) is 12.4. The molecule has 2 aromatic rings. The lowest BCUT2D eigenvalue weighted by Gasteiger charge is -2.13. The van der Waals surface area contributed by atoms with Gasteiger partial charge in [0.1, 0.15) is 0 Å². The van der Waals surface area contributed by atoms with Crippen LogP contribution in [0.5, 0.6) is 0 Å². The minimum absolute atomic E-state index is 0.00801. The van der Waals surface area contributed by atoms with Crippen LogP contribution in [0, 0.1) is 6.92 Å². The summed E-state index contributed by atoms with van der Waals surface area (Å²) in [5.41, 5.74) is 10.0. The van der Waals surface area contributed by atoms with E-state index in [2.05, 4.69) is 0 Å². The summed E-state index contributed by atoms with van der Waals surface area (Å²) in [5, 5.41) is 0. The molecule has 2 heteroatoms. The summed E-state index contributed by atoms with van der Waals surface area (Å²) in [6.07, 6.45) is 0.810. The van der Waals surface area contributed by atoms with Gasteiger partial charge in [-0.1, -0.05) is 43.3 Å². The molecule has 2 aromatic carbocycles. The van der Waals surface area contributed by atoms with Gasteiger partial charge >= 0.3 is 0 Å². The van der Waals surface area contributed by atoms with E-state index in [9.17, 15) is 4.79 Å². The van der Waals surface area contributed by atoms with E-state index in [1.807, 2.05) is 56.3 Å². The molecule has 2 nitrogen and oxygen atoms in total. The summed E-state index contributed by atoms with van der Waals surface area (Å²) >= 11 is 0. The second-order valence-corrected chi connectivity index (χ2v) is 4.37. The van der Waals surface area contributed by atoms with Gasteiger partial charge in [0.15, 0.2) is 5.78 Å². The van der Waals surface area contributed by atoms with E-state index in [-0.39, 0.29) is 5.78 Å². The lowest BCUT2D eigenvalue weighted by molar-refractivity contribution is 0.103. The number of rotatable bonds is 3. The smallest absolute Gasteiger partial charge is 0.195 e. The topological polar surface area (TPSA) is 43.1 Å². The third-order valence-electron chi connectivity index (χ3n) is 3.20. The Labute approximate surface area is 107 Å². The fraction of sp³-hybridized carbons (Fsp3) is 0.188. The van der Waals surface area contributed by atoms with Gasteiger partial charge in [0, 0.05) is 16.8 Å². The maximum absolute atomic E-state index is 12.5. The minimum Gasteiger partial charge on any atom is -0.398 e. The van der Waals surface area contributed by atoms with Gasteiger partial charge in [0.05, 0.1) is 0 Å². The maximum atomic E-state index is 12.5. The van der Waals surface area contributed by atoms with E-state index < -0.39 is 0 Å². The third kappa shape index (κ3) is 2.14. The Morgan fingerprint density at radius 2 is 1.78 bits per heavy atom. The predicted octanol–water partition coefficient (Wildman–Crippen LogP) is 3.37. The van der Waals surface area contributed by atoms with Gasteiger partial charge in [-0.3, -0.25) is 4.79 Å². The first-order valence-corrected chi connectivity index (χ1v) is 6.12. The Kier molecular flexibility index (Phi) is 3.47. The molecule has 0 aliphatic heterocycles. The second kappa shape index (κ2) is 5.05. The van der Waals surface area contributed by atoms with E-state index in [0.717, 1.165) is 17.5 Å². The molecular weight excluding hydrogens is 222 g/mol. The van der Waals surface area contributed by atoms with Crippen LogP contribution in [0.2, 0.25) is 0 Å². The van der Waals surface area contributed by atoms with Gasteiger partial charge < -0.3 is 5.73 Å². The van der Waals surface area contributed by atoms with E-state index in [4.69, 9.17) is 5.73 Å². The molecule has 0 radical (unpaired) electrons. The third-order valence-corrected chi connectivity index (χ3v) is 3.20. The van der Waals surface area contributed by atoms with Crippen molar-refractivity contribution >= 4 is 11.5 Å². The Morgan fingerprint density at radius 3 is 2.39 bits per heavy atom. The van der Waals surface area contributed by atoms with E-state index >= 15 is 0 Å². The van der Waals surface area contributed by atoms with Crippen molar-refractivity contribution in [2.75, 3.05) is 5.73 Å². The summed E-state index contributed by atoms with van der Waals surface area (Å²) in [5.74, 6) is 0.00801. The van der Waals surface area contributed by atoms with Crippen LogP contribution in [0.4, 0.5) is 5.69 Å². The standard InChI is InChI=1S/C16H17NO/c1-3-13-11(2)9-10-14(17)15(13)16(18)12-7-5-4-6-8-12/h4-10H,3,17H2,1-2H3. The number of nitrogens with two attached hydrogens (primary N) is 1. The lowest BCUT2D eigenvalue weighted by atomic mass is 9.92. The highest BCUT2D eigenvalue weighted by Gasteiger charge is 2.17. The molecule has 0 unspecified atom stereocenters. The number of carbonyl (C=O) groups is 1. The molecule has 18 heavy (non-hydrogen) atoms. The number of hydrogen-bond acceptors (Lipinski definition) is 2. The summed E-state index contributed by atoms with van der Waals surface area (Å²) in [6, 6.07) is 13.1. The Morgan fingerprint density at radius 1 is 1.11 bits per heavy atom. The molecule has 92 valence electrons. The van der Waals surface area contributed by atoms with Crippen molar-refractivity contribution in [1.82, 2.24) is 0 Å². The first-order chi connectivity index (χ1) is 8.65. The van der Waals surface area contributed by atoms with Crippen molar-refractivity contribution in [3.63, 3.8) is 0 Å². The maximum Gasteiger partial charge on any atom is 0.195 e. The van der Waals surface area contributed by atoms with Crippen LogP contribution in [-0.4, -0.2) is 5.78 Å². The fourth-order valence-corrected chi connectivity index (χ4v) is 2.23. The van der Waals surface area contributed by atoms with E-state index in [1.54, 1.807) is 0 Å². The number of ketones is 1. The summed E-state index contributed by atoms with van der Waals surface area (Å²) < 4.78 is 0. The monoisotopic (exact) mass is 239 g/mol. The van der Waals surface area contributed by atoms with Crippen LogP contribution in [0.15, 0.2) is 42.5 Å². The lowest BCUT2D eigenvalue weighted by Crippen LogP contribution is -2.10. The van der Waals surface area contributed by atoms with Crippen LogP contribution in [0.3, 0.4) is 0 Å².